The molecular weight excluding hydrogens is 406 g/mol. The van der Waals surface area contributed by atoms with Crippen LogP contribution in [0.15, 0.2) is 36.4 Å². The van der Waals surface area contributed by atoms with Crippen LogP contribution in [-0.4, -0.2) is 68.5 Å². The van der Waals surface area contributed by atoms with Crippen LogP contribution in [0.1, 0.15) is 11.1 Å². The van der Waals surface area contributed by atoms with Gasteiger partial charge in [0.25, 0.3) is 0 Å². The van der Waals surface area contributed by atoms with E-state index in [9.17, 15) is 0 Å². The Balaban J connectivity index is 1.59. The van der Waals surface area contributed by atoms with Crippen molar-refractivity contribution in [1.82, 2.24) is 14.9 Å². The van der Waals surface area contributed by atoms with Gasteiger partial charge in [-0.1, -0.05) is 24.3 Å². The lowest BCUT2D eigenvalue weighted by molar-refractivity contribution is 0.0398. The fourth-order valence-electron chi connectivity index (χ4n) is 3.81. The standard InChI is InChI=1S/C24H31N5O3/c1-17-6-4-5-7-18(17)16-26-24-27-20-15-22(31-3)21(30-2)14-19(20)23(28-24)25-8-9-29-10-12-32-13-11-29/h4-7,14-15H,8-13,16H2,1-3H3,(H2,25,26,27,28). The Morgan fingerprint density at radius 2 is 1.75 bits per heavy atom. The van der Waals surface area contributed by atoms with Crippen molar-refractivity contribution in [3.8, 4) is 11.5 Å². The second-order valence-electron chi connectivity index (χ2n) is 7.78. The summed E-state index contributed by atoms with van der Waals surface area (Å²) >= 11 is 0. The van der Waals surface area contributed by atoms with Crippen molar-refractivity contribution in [2.24, 2.45) is 0 Å². The average Bonchev–Trinajstić information content (AvgIpc) is 2.83. The number of rotatable bonds is 9. The van der Waals surface area contributed by atoms with Crippen molar-refractivity contribution in [2.75, 3.05) is 64.2 Å². The van der Waals surface area contributed by atoms with Gasteiger partial charge in [-0.15, -0.1) is 0 Å². The van der Waals surface area contributed by atoms with E-state index in [1.54, 1.807) is 14.2 Å². The molecule has 1 saturated heterocycles. The quantitative estimate of drug-likeness (QED) is 0.528. The molecule has 1 aromatic heterocycles. The van der Waals surface area contributed by atoms with Crippen LogP contribution in [0.3, 0.4) is 0 Å². The number of fused-ring (bicyclic) bond motifs is 1. The number of nitrogens with zero attached hydrogens (tertiary/aromatic N) is 3. The number of aryl methyl sites for hydroxylation is 1. The summed E-state index contributed by atoms with van der Waals surface area (Å²) in [5.74, 6) is 2.64. The normalized spacial score (nSPS) is 14.3. The van der Waals surface area contributed by atoms with Gasteiger partial charge in [-0.3, -0.25) is 4.90 Å². The number of morpholine rings is 1. The molecule has 8 heteroatoms. The molecule has 1 aliphatic rings. The smallest absolute Gasteiger partial charge is 0.225 e. The van der Waals surface area contributed by atoms with Crippen molar-refractivity contribution in [3.05, 3.63) is 47.5 Å². The minimum Gasteiger partial charge on any atom is -0.493 e. The van der Waals surface area contributed by atoms with Crippen LogP contribution >= 0.6 is 0 Å². The minimum atomic E-state index is 0.571. The first-order valence-electron chi connectivity index (χ1n) is 10.9. The van der Waals surface area contributed by atoms with Crippen molar-refractivity contribution in [3.63, 3.8) is 0 Å². The van der Waals surface area contributed by atoms with E-state index in [4.69, 9.17) is 24.2 Å². The molecule has 0 atom stereocenters. The number of ether oxygens (including phenoxy) is 3. The van der Waals surface area contributed by atoms with Crippen LogP contribution in [0, 0.1) is 6.92 Å². The van der Waals surface area contributed by atoms with Gasteiger partial charge >= 0.3 is 0 Å². The Morgan fingerprint density at radius 1 is 1.00 bits per heavy atom. The van der Waals surface area contributed by atoms with Crippen LogP contribution in [0.25, 0.3) is 10.9 Å². The van der Waals surface area contributed by atoms with E-state index in [0.717, 1.165) is 56.1 Å². The van der Waals surface area contributed by atoms with Gasteiger partial charge in [-0.25, -0.2) is 4.98 Å². The summed E-state index contributed by atoms with van der Waals surface area (Å²) < 4.78 is 16.4. The van der Waals surface area contributed by atoms with Crippen molar-refractivity contribution in [1.29, 1.82) is 0 Å². The van der Waals surface area contributed by atoms with Crippen LogP contribution in [-0.2, 0) is 11.3 Å². The maximum absolute atomic E-state index is 5.50. The zero-order chi connectivity index (χ0) is 22.3. The van der Waals surface area contributed by atoms with Gasteiger partial charge in [-0.2, -0.15) is 4.98 Å². The summed E-state index contributed by atoms with van der Waals surface area (Å²) in [6.45, 7) is 7.96. The summed E-state index contributed by atoms with van der Waals surface area (Å²) in [6.07, 6.45) is 0. The molecule has 4 rings (SSSR count). The third-order valence-corrected chi connectivity index (χ3v) is 5.72. The molecule has 0 amide bonds. The minimum absolute atomic E-state index is 0.571. The van der Waals surface area contributed by atoms with E-state index in [1.807, 2.05) is 24.3 Å². The largest absolute Gasteiger partial charge is 0.493 e. The lowest BCUT2D eigenvalue weighted by Crippen LogP contribution is -2.39. The zero-order valence-corrected chi connectivity index (χ0v) is 19.0. The monoisotopic (exact) mass is 437 g/mol. The molecule has 3 aromatic rings. The molecule has 32 heavy (non-hydrogen) atoms. The molecule has 2 N–H and O–H groups in total. The number of methoxy groups -OCH3 is 2. The van der Waals surface area contributed by atoms with Crippen LogP contribution < -0.4 is 20.1 Å². The van der Waals surface area contributed by atoms with E-state index in [1.165, 1.54) is 11.1 Å². The van der Waals surface area contributed by atoms with Crippen LogP contribution in [0.2, 0.25) is 0 Å². The lowest BCUT2D eigenvalue weighted by atomic mass is 10.1. The summed E-state index contributed by atoms with van der Waals surface area (Å²) in [6, 6.07) is 12.1. The van der Waals surface area contributed by atoms with Crippen molar-refractivity contribution in [2.45, 2.75) is 13.5 Å². The van der Waals surface area contributed by atoms with E-state index in [-0.39, 0.29) is 0 Å². The van der Waals surface area contributed by atoms with Crippen molar-refractivity contribution >= 4 is 22.7 Å². The molecule has 2 aromatic carbocycles. The van der Waals surface area contributed by atoms with Gasteiger partial charge in [0.05, 0.1) is 33.0 Å². The van der Waals surface area contributed by atoms with Gasteiger partial charge < -0.3 is 24.8 Å². The lowest BCUT2D eigenvalue weighted by Gasteiger charge is -2.26. The number of benzene rings is 2. The van der Waals surface area contributed by atoms with Gasteiger partial charge in [0.15, 0.2) is 11.5 Å². The summed E-state index contributed by atoms with van der Waals surface area (Å²) in [7, 11) is 3.26. The predicted octanol–water partition coefficient (Wildman–Crippen LogP) is 3.31. The highest BCUT2D eigenvalue weighted by atomic mass is 16.5. The van der Waals surface area contributed by atoms with E-state index < -0.39 is 0 Å². The Morgan fingerprint density at radius 3 is 2.50 bits per heavy atom. The summed E-state index contributed by atoms with van der Waals surface area (Å²) in [5, 5.41) is 7.78. The number of hydrogen-bond acceptors (Lipinski definition) is 8. The molecule has 170 valence electrons. The highest BCUT2D eigenvalue weighted by Crippen LogP contribution is 2.34. The molecular formula is C24H31N5O3. The first kappa shape index (κ1) is 22.1. The van der Waals surface area contributed by atoms with E-state index in [2.05, 4.69) is 34.6 Å². The Kier molecular flexibility index (Phi) is 7.24. The molecule has 8 nitrogen and oxygen atoms in total. The molecule has 1 fully saturated rings. The topological polar surface area (TPSA) is 80.8 Å². The van der Waals surface area contributed by atoms with E-state index in [0.29, 0.717) is 24.0 Å². The highest BCUT2D eigenvalue weighted by molar-refractivity contribution is 5.92. The maximum atomic E-state index is 5.50. The summed E-state index contributed by atoms with van der Waals surface area (Å²) in [4.78, 5) is 11.9. The average molecular weight is 438 g/mol. The predicted molar refractivity (Wildman–Crippen MR) is 127 cm³/mol. The third-order valence-electron chi connectivity index (χ3n) is 5.72. The van der Waals surface area contributed by atoms with Gasteiger partial charge in [0.1, 0.15) is 5.82 Å². The number of nitrogens with one attached hydrogen (secondary N) is 2. The molecule has 0 aliphatic carbocycles. The van der Waals surface area contributed by atoms with Crippen molar-refractivity contribution < 1.29 is 14.2 Å². The number of hydrogen-bond donors (Lipinski definition) is 2. The Labute approximate surface area is 188 Å². The van der Waals surface area contributed by atoms with Gasteiger partial charge in [0, 0.05) is 44.2 Å². The fourth-order valence-corrected chi connectivity index (χ4v) is 3.81. The SMILES string of the molecule is COc1cc2nc(NCc3ccccc3C)nc(NCCN3CCOCC3)c2cc1OC. The fraction of sp³-hybridized carbons (Fsp3) is 0.417. The number of aromatic nitrogens is 2. The molecule has 0 bridgehead atoms. The van der Waals surface area contributed by atoms with Gasteiger partial charge in [-0.05, 0) is 24.1 Å². The molecule has 0 radical (unpaired) electrons. The number of anilines is 2. The second kappa shape index (κ2) is 10.5. The first-order valence-corrected chi connectivity index (χ1v) is 10.9. The Hall–Kier alpha value is -3.10. The first-order chi connectivity index (χ1) is 15.7. The molecule has 0 spiro atoms. The molecule has 1 aliphatic heterocycles. The third kappa shape index (κ3) is 5.20. The van der Waals surface area contributed by atoms with Crippen LogP contribution in [0.5, 0.6) is 11.5 Å². The van der Waals surface area contributed by atoms with Gasteiger partial charge in [0.2, 0.25) is 5.95 Å². The molecule has 0 unspecified atom stereocenters. The van der Waals surface area contributed by atoms with E-state index >= 15 is 0 Å². The second-order valence-corrected chi connectivity index (χ2v) is 7.78. The summed E-state index contributed by atoms with van der Waals surface area (Å²) in [5.41, 5.74) is 3.24. The maximum Gasteiger partial charge on any atom is 0.225 e. The molecule has 0 saturated carbocycles. The molecule has 2 heterocycles. The zero-order valence-electron chi connectivity index (χ0n) is 19.0. The Bertz CT molecular complexity index is 1050. The highest BCUT2D eigenvalue weighted by Gasteiger charge is 2.15. The van der Waals surface area contributed by atoms with Crippen LogP contribution in [0.4, 0.5) is 11.8 Å².